The van der Waals surface area contributed by atoms with Gasteiger partial charge in [-0.15, -0.1) is 0 Å². The van der Waals surface area contributed by atoms with E-state index < -0.39 is 0 Å². The number of nitrogens with zero attached hydrogens (tertiary/aromatic N) is 2. The fourth-order valence-corrected chi connectivity index (χ4v) is 1.04. The van der Waals surface area contributed by atoms with E-state index in [0.717, 1.165) is 17.1 Å². The summed E-state index contributed by atoms with van der Waals surface area (Å²) >= 11 is 0. The molecular formula is C10H18N4. The molecule has 0 saturated heterocycles. The normalized spacial score (nSPS) is 11.5. The van der Waals surface area contributed by atoms with Crippen LogP contribution >= 0.6 is 0 Å². The van der Waals surface area contributed by atoms with Crippen LogP contribution in [0.15, 0.2) is 6.33 Å². The van der Waals surface area contributed by atoms with Gasteiger partial charge in [0.25, 0.3) is 0 Å². The van der Waals surface area contributed by atoms with Crippen molar-refractivity contribution in [3.63, 3.8) is 0 Å². The molecule has 14 heavy (non-hydrogen) atoms. The minimum atomic E-state index is -0.133. The highest BCUT2D eigenvalue weighted by atomic mass is 15.1. The molecular weight excluding hydrogens is 176 g/mol. The minimum absolute atomic E-state index is 0.133. The zero-order valence-electron chi connectivity index (χ0n) is 9.26. The summed E-state index contributed by atoms with van der Waals surface area (Å²) in [5, 5.41) is 3.30. The van der Waals surface area contributed by atoms with Gasteiger partial charge in [-0.2, -0.15) is 0 Å². The fourth-order valence-electron chi connectivity index (χ4n) is 1.04. The van der Waals surface area contributed by atoms with Crippen molar-refractivity contribution in [2.45, 2.75) is 33.2 Å². The second-order valence-electron chi connectivity index (χ2n) is 4.15. The number of rotatable bonds is 3. The number of nitrogens with two attached hydrogens (primary N) is 1. The smallest absolute Gasteiger partial charge is 0.132 e. The lowest BCUT2D eigenvalue weighted by Gasteiger charge is -2.25. The Labute approximate surface area is 85.0 Å². The zero-order valence-corrected chi connectivity index (χ0v) is 9.26. The Morgan fingerprint density at radius 1 is 1.36 bits per heavy atom. The molecule has 1 heterocycles. The summed E-state index contributed by atoms with van der Waals surface area (Å²) < 4.78 is 0. The lowest BCUT2D eigenvalue weighted by Crippen LogP contribution is -2.39. The largest absolute Gasteiger partial charge is 0.364 e. The summed E-state index contributed by atoms with van der Waals surface area (Å²) in [6.45, 7) is 8.63. The van der Waals surface area contributed by atoms with Crippen LogP contribution in [-0.2, 0) is 0 Å². The van der Waals surface area contributed by atoms with Crippen molar-refractivity contribution in [2.75, 3.05) is 11.9 Å². The molecule has 78 valence electrons. The first-order valence-corrected chi connectivity index (χ1v) is 4.73. The maximum atomic E-state index is 5.64. The number of aromatic nitrogens is 2. The van der Waals surface area contributed by atoms with Crippen LogP contribution < -0.4 is 11.1 Å². The Kier molecular flexibility index (Phi) is 3.06. The SMILES string of the molecule is Cc1ncnc(NC(C)(C)CN)c1C. The topological polar surface area (TPSA) is 63.8 Å². The van der Waals surface area contributed by atoms with E-state index in [-0.39, 0.29) is 5.54 Å². The molecule has 0 unspecified atom stereocenters. The molecule has 0 amide bonds. The van der Waals surface area contributed by atoms with E-state index >= 15 is 0 Å². The first-order valence-electron chi connectivity index (χ1n) is 4.73. The molecule has 0 aliphatic carbocycles. The lowest BCUT2D eigenvalue weighted by atomic mass is 10.1. The van der Waals surface area contributed by atoms with E-state index in [0.29, 0.717) is 6.54 Å². The molecule has 4 nitrogen and oxygen atoms in total. The van der Waals surface area contributed by atoms with Crippen LogP contribution in [0.4, 0.5) is 5.82 Å². The molecule has 0 saturated carbocycles. The lowest BCUT2D eigenvalue weighted by molar-refractivity contribution is 0.576. The summed E-state index contributed by atoms with van der Waals surface area (Å²) in [7, 11) is 0. The van der Waals surface area contributed by atoms with E-state index in [9.17, 15) is 0 Å². The number of hydrogen-bond donors (Lipinski definition) is 2. The van der Waals surface area contributed by atoms with Crippen LogP contribution in [-0.4, -0.2) is 22.1 Å². The molecule has 0 radical (unpaired) electrons. The Morgan fingerprint density at radius 3 is 2.57 bits per heavy atom. The summed E-state index contributed by atoms with van der Waals surface area (Å²) in [5.41, 5.74) is 7.58. The Bertz CT molecular complexity index is 320. The van der Waals surface area contributed by atoms with Crippen molar-refractivity contribution < 1.29 is 0 Å². The summed E-state index contributed by atoms with van der Waals surface area (Å²) in [6, 6.07) is 0. The maximum Gasteiger partial charge on any atom is 0.132 e. The molecule has 0 fully saturated rings. The highest BCUT2D eigenvalue weighted by Crippen LogP contribution is 2.17. The van der Waals surface area contributed by atoms with Gasteiger partial charge in [0.2, 0.25) is 0 Å². The average molecular weight is 194 g/mol. The molecule has 0 atom stereocenters. The monoisotopic (exact) mass is 194 g/mol. The average Bonchev–Trinajstić information content (AvgIpc) is 2.13. The van der Waals surface area contributed by atoms with E-state index in [2.05, 4.69) is 15.3 Å². The van der Waals surface area contributed by atoms with Gasteiger partial charge in [0.1, 0.15) is 12.1 Å². The van der Waals surface area contributed by atoms with Crippen molar-refractivity contribution in [3.8, 4) is 0 Å². The summed E-state index contributed by atoms with van der Waals surface area (Å²) in [5.74, 6) is 0.868. The minimum Gasteiger partial charge on any atom is -0.364 e. The molecule has 0 aliphatic rings. The summed E-state index contributed by atoms with van der Waals surface area (Å²) in [6.07, 6.45) is 1.57. The molecule has 3 N–H and O–H groups in total. The van der Waals surface area contributed by atoms with Crippen LogP contribution in [0.3, 0.4) is 0 Å². The summed E-state index contributed by atoms with van der Waals surface area (Å²) in [4.78, 5) is 8.31. The molecule has 1 aromatic rings. The second-order valence-corrected chi connectivity index (χ2v) is 4.15. The molecule has 4 heteroatoms. The van der Waals surface area contributed by atoms with E-state index in [1.54, 1.807) is 6.33 Å². The molecule has 0 bridgehead atoms. The van der Waals surface area contributed by atoms with Crippen LogP contribution in [0.5, 0.6) is 0 Å². The van der Waals surface area contributed by atoms with Gasteiger partial charge in [0.05, 0.1) is 0 Å². The first kappa shape index (κ1) is 10.9. The van der Waals surface area contributed by atoms with Crippen LogP contribution in [0, 0.1) is 13.8 Å². The van der Waals surface area contributed by atoms with Crippen molar-refractivity contribution in [1.29, 1.82) is 0 Å². The molecule has 0 aliphatic heterocycles. The third-order valence-corrected chi connectivity index (χ3v) is 2.30. The number of hydrogen-bond acceptors (Lipinski definition) is 4. The number of aryl methyl sites for hydroxylation is 1. The van der Waals surface area contributed by atoms with Gasteiger partial charge < -0.3 is 11.1 Å². The number of anilines is 1. The van der Waals surface area contributed by atoms with Gasteiger partial charge in [-0.3, -0.25) is 0 Å². The number of nitrogens with one attached hydrogen (secondary N) is 1. The van der Waals surface area contributed by atoms with E-state index in [1.807, 2.05) is 27.7 Å². The quantitative estimate of drug-likeness (QED) is 0.760. The fraction of sp³-hybridized carbons (Fsp3) is 0.600. The molecule has 0 spiro atoms. The van der Waals surface area contributed by atoms with Gasteiger partial charge >= 0.3 is 0 Å². The highest BCUT2D eigenvalue weighted by Gasteiger charge is 2.16. The van der Waals surface area contributed by atoms with Crippen molar-refractivity contribution in [2.24, 2.45) is 5.73 Å². The predicted molar refractivity (Wildman–Crippen MR) is 58.3 cm³/mol. The third-order valence-electron chi connectivity index (χ3n) is 2.30. The third kappa shape index (κ3) is 2.42. The van der Waals surface area contributed by atoms with Gasteiger partial charge in [-0.05, 0) is 27.7 Å². The van der Waals surface area contributed by atoms with E-state index in [4.69, 9.17) is 5.73 Å². The molecule has 1 rings (SSSR count). The van der Waals surface area contributed by atoms with Crippen molar-refractivity contribution in [1.82, 2.24) is 9.97 Å². The van der Waals surface area contributed by atoms with Crippen molar-refractivity contribution >= 4 is 5.82 Å². The van der Waals surface area contributed by atoms with Gasteiger partial charge in [-0.1, -0.05) is 0 Å². The van der Waals surface area contributed by atoms with Gasteiger partial charge in [0.15, 0.2) is 0 Å². The van der Waals surface area contributed by atoms with E-state index in [1.165, 1.54) is 0 Å². The van der Waals surface area contributed by atoms with Crippen LogP contribution in [0.2, 0.25) is 0 Å². The van der Waals surface area contributed by atoms with Crippen LogP contribution in [0.25, 0.3) is 0 Å². The van der Waals surface area contributed by atoms with Gasteiger partial charge in [-0.25, -0.2) is 9.97 Å². The Balaban J connectivity index is 2.92. The second kappa shape index (κ2) is 3.92. The Hall–Kier alpha value is -1.16. The molecule has 0 aromatic carbocycles. The predicted octanol–water partition coefficient (Wildman–Crippen LogP) is 1.24. The Morgan fingerprint density at radius 2 is 2.00 bits per heavy atom. The van der Waals surface area contributed by atoms with Crippen molar-refractivity contribution in [3.05, 3.63) is 17.6 Å². The van der Waals surface area contributed by atoms with Crippen LogP contribution in [0.1, 0.15) is 25.1 Å². The maximum absolute atomic E-state index is 5.64. The first-order chi connectivity index (χ1) is 6.46. The molecule has 1 aromatic heterocycles. The zero-order chi connectivity index (χ0) is 10.8. The standard InChI is InChI=1S/C10H18N4/c1-7-8(2)12-6-13-9(7)14-10(3,4)5-11/h6H,5,11H2,1-4H3,(H,12,13,14). The highest BCUT2D eigenvalue weighted by molar-refractivity contribution is 5.46. The van der Waals surface area contributed by atoms with Gasteiger partial charge in [0, 0.05) is 23.3 Å².